The van der Waals surface area contributed by atoms with Crippen LogP contribution >= 0.6 is 11.3 Å². The van der Waals surface area contributed by atoms with Gasteiger partial charge in [-0.1, -0.05) is 12.8 Å². The Bertz CT molecular complexity index is 708. The summed E-state index contributed by atoms with van der Waals surface area (Å²) in [5, 5.41) is 4.56. The maximum absolute atomic E-state index is 11.8. The number of thiazole rings is 1. The van der Waals surface area contributed by atoms with E-state index in [1.54, 1.807) is 18.3 Å². The second-order valence-electron chi connectivity index (χ2n) is 6.23. The summed E-state index contributed by atoms with van der Waals surface area (Å²) < 4.78 is 0. The van der Waals surface area contributed by atoms with Crippen molar-refractivity contribution in [2.45, 2.75) is 59.4 Å². The SMILES string of the molecule is CC(=O)c1c(C)[nH]c(-c2nc(NC3CCCC3)sc2C)c1C. The van der Waals surface area contributed by atoms with E-state index in [2.05, 4.69) is 17.2 Å². The van der Waals surface area contributed by atoms with E-state index >= 15 is 0 Å². The van der Waals surface area contributed by atoms with Gasteiger partial charge in [0.05, 0.1) is 5.69 Å². The van der Waals surface area contributed by atoms with Crippen LogP contribution in [0.25, 0.3) is 11.4 Å². The zero-order chi connectivity index (χ0) is 15.9. The van der Waals surface area contributed by atoms with Crippen molar-refractivity contribution in [1.82, 2.24) is 9.97 Å². The van der Waals surface area contributed by atoms with Crippen molar-refractivity contribution in [2.24, 2.45) is 0 Å². The molecule has 2 N–H and O–H groups in total. The third-order valence-corrected chi connectivity index (χ3v) is 5.41. The third-order valence-electron chi connectivity index (χ3n) is 4.51. The van der Waals surface area contributed by atoms with E-state index in [0.717, 1.165) is 33.3 Å². The summed E-state index contributed by atoms with van der Waals surface area (Å²) in [4.78, 5) is 21.1. The van der Waals surface area contributed by atoms with E-state index < -0.39 is 0 Å². The molecule has 0 radical (unpaired) electrons. The number of aromatic nitrogens is 2. The number of anilines is 1. The number of nitrogens with one attached hydrogen (secondary N) is 2. The fourth-order valence-corrected chi connectivity index (χ4v) is 4.35. The van der Waals surface area contributed by atoms with Gasteiger partial charge in [0, 0.05) is 22.2 Å². The van der Waals surface area contributed by atoms with Crippen molar-refractivity contribution in [2.75, 3.05) is 5.32 Å². The molecule has 2 aromatic heterocycles. The molecule has 0 saturated heterocycles. The third kappa shape index (κ3) is 2.70. The van der Waals surface area contributed by atoms with Gasteiger partial charge in [-0.2, -0.15) is 0 Å². The number of rotatable bonds is 4. The normalized spacial score (nSPS) is 15.5. The Balaban J connectivity index is 1.93. The van der Waals surface area contributed by atoms with Gasteiger partial charge in [-0.25, -0.2) is 4.98 Å². The lowest BCUT2D eigenvalue weighted by molar-refractivity contribution is 0.101. The van der Waals surface area contributed by atoms with Crippen LogP contribution in [-0.2, 0) is 0 Å². The van der Waals surface area contributed by atoms with Crippen LogP contribution in [0.2, 0.25) is 0 Å². The number of aryl methyl sites for hydroxylation is 2. The van der Waals surface area contributed by atoms with Crippen molar-refractivity contribution in [3.63, 3.8) is 0 Å². The van der Waals surface area contributed by atoms with Gasteiger partial charge < -0.3 is 10.3 Å². The second-order valence-corrected chi connectivity index (χ2v) is 7.43. The van der Waals surface area contributed by atoms with E-state index in [9.17, 15) is 4.79 Å². The Kier molecular flexibility index (Phi) is 4.08. The van der Waals surface area contributed by atoms with Crippen LogP contribution in [0.1, 0.15) is 59.1 Å². The lowest BCUT2D eigenvalue weighted by atomic mass is 10.1. The first kappa shape index (κ1) is 15.3. The summed E-state index contributed by atoms with van der Waals surface area (Å²) in [6.45, 7) is 7.66. The number of hydrogen-bond acceptors (Lipinski definition) is 4. The minimum Gasteiger partial charge on any atom is -0.359 e. The summed E-state index contributed by atoms with van der Waals surface area (Å²) in [5.74, 6) is 0.106. The van der Waals surface area contributed by atoms with Gasteiger partial charge in [0.1, 0.15) is 5.69 Å². The topological polar surface area (TPSA) is 57.8 Å². The maximum Gasteiger partial charge on any atom is 0.183 e. The number of aromatic amines is 1. The Labute approximate surface area is 135 Å². The molecular formula is C17H23N3OS. The highest BCUT2D eigenvalue weighted by Gasteiger charge is 2.21. The first-order valence-electron chi connectivity index (χ1n) is 7.91. The zero-order valence-electron chi connectivity index (χ0n) is 13.7. The quantitative estimate of drug-likeness (QED) is 0.809. The summed E-state index contributed by atoms with van der Waals surface area (Å²) in [6.07, 6.45) is 5.10. The molecular weight excluding hydrogens is 294 g/mol. The predicted molar refractivity (Wildman–Crippen MR) is 92.0 cm³/mol. The molecule has 0 bridgehead atoms. The average Bonchev–Trinajstić information content (AvgIpc) is 3.11. The highest BCUT2D eigenvalue weighted by molar-refractivity contribution is 7.16. The first-order valence-corrected chi connectivity index (χ1v) is 8.73. The van der Waals surface area contributed by atoms with E-state index in [0.29, 0.717) is 6.04 Å². The highest BCUT2D eigenvalue weighted by atomic mass is 32.1. The van der Waals surface area contributed by atoms with E-state index in [-0.39, 0.29) is 5.78 Å². The monoisotopic (exact) mass is 317 g/mol. The fraction of sp³-hybridized carbons (Fsp3) is 0.529. The Morgan fingerprint density at radius 2 is 1.95 bits per heavy atom. The lowest BCUT2D eigenvalue weighted by Crippen LogP contribution is -2.14. The number of H-pyrrole nitrogens is 1. The van der Waals surface area contributed by atoms with Crippen molar-refractivity contribution in [3.05, 3.63) is 21.7 Å². The van der Waals surface area contributed by atoms with E-state index in [1.807, 2.05) is 13.8 Å². The number of Topliss-reactive ketones (excluding diaryl/α,β-unsaturated/α-hetero) is 1. The molecule has 0 aromatic carbocycles. The predicted octanol–water partition coefficient (Wildman–Crippen LogP) is 4.62. The lowest BCUT2D eigenvalue weighted by Gasteiger charge is -2.09. The molecule has 2 aromatic rings. The summed E-state index contributed by atoms with van der Waals surface area (Å²) >= 11 is 1.70. The van der Waals surface area contributed by atoms with Crippen LogP contribution in [0.15, 0.2) is 0 Å². The van der Waals surface area contributed by atoms with Crippen LogP contribution in [0, 0.1) is 20.8 Å². The van der Waals surface area contributed by atoms with Crippen LogP contribution in [0.3, 0.4) is 0 Å². The summed E-state index contributed by atoms with van der Waals surface area (Å²) in [6, 6.07) is 0.567. The van der Waals surface area contributed by atoms with E-state index in [4.69, 9.17) is 4.98 Å². The first-order chi connectivity index (χ1) is 10.5. The fourth-order valence-electron chi connectivity index (χ4n) is 3.45. The molecule has 0 atom stereocenters. The van der Waals surface area contributed by atoms with Gasteiger partial charge in [0.25, 0.3) is 0 Å². The smallest absolute Gasteiger partial charge is 0.183 e. The molecule has 1 aliphatic carbocycles. The standard InChI is InChI=1S/C17H23N3OS/c1-9-14(11(3)21)10(2)18-15(9)16-12(4)22-17(20-16)19-13-7-5-6-8-13/h13,18H,5-8H2,1-4H3,(H,19,20). The van der Waals surface area contributed by atoms with Crippen LogP contribution in [-0.4, -0.2) is 21.8 Å². The summed E-state index contributed by atoms with van der Waals surface area (Å²) in [5.41, 5.74) is 4.69. The minimum absolute atomic E-state index is 0.106. The van der Waals surface area contributed by atoms with Crippen LogP contribution in [0.4, 0.5) is 5.13 Å². The zero-order valence-corrected chi connectivity index (χ0v) is 14.5. The largest absolute Gasteiger partial charge is 0.359 e. The highest BCUT2D eigenvalue weighted by Crippen LogP contribution is 2.35. The van der Waals surface area contributed by atoms with Crippen molar-refractivity contribution >= 4 is 22.3 Å². The molecule has 1 aliphatic rings. The van der Waals surface area contributed by atoms with Gasteiger partial charge in [-0.15, -0.1) is 11.3 Å². The molecule has 4 nitrogen and oxygen atoms in total. The Morgan fingerprint density at radius 3 is 2.55 bits per heavy atom. The molecule has 1 saturated carbocycles. The molecule has 118 valence electrons. The average molecular weight is 317 g/mol. The molecule has 0 unspecified atom stereocenters. The molecule has 0 aliphatic heterocycles. The molecule has 2 heterocycles. The molecule has 0 spiro atoms. The number of hydrogen-bond donors (Lipinski definition) is 2. The van der Waals surface area contributed by atoms with Gasteiger partial charge in [0.2, 0.25) is 0 Å². The van der Waals surface area contributed by atoms with Crippen molar-refractivity contribution in [3.8, 4) is 11.4 Å². The van der Waals surface area contributed by atoms with E-state index in [1.165, 1.54) is 30.6 Å². The molecule has 0 amide bonds. The molecule has 3 rings (SSSR count). The van der Waals surface area contributed by atoms with Crippen LogP contribution in [0.5, 0.6) is 0 Å². The minimum atomic E-state index is 0.106. The number of ketones is 1. The maximum atomic E-state index is 11.8. The Morgan fingerprint density at radius 1 is 1.27 bits per heavy atom. The van der Waals surface area contributed by atoms with Crippen molar-refractivity contribution < 1.29 is 4.79 Å². The van der Waals surface area contributed by atoms with Crippen molar-refractivity contribution in [1.29, 1.82) is 0 Å². The number of carbonyl (C=O) groups excluding carboxylic acids is 1. The van der Waals surface area contributed by atoms with Gasteiger partial charge >= 0.3 is 0 Å². The molecule has 1 fully saturated rings. The second kappa shape index (κ2) is 5.88. The summed E-state index contributed by atoms with van der Waals surface area (Å²) in [7, 11) is 0. The van der Waals surface area contributed by atoms with Gasteiger partial charge in [-0.05, 0) is 46.1 Å². The van der Waals surface area contributed by atoms with Gasteiger partial charge in [-0.3, -0.25) is 4.79 Å². The van der Waals surface area contributed by atoms with Crippen LogP contribution < -0.4 is 5.32 Å². The van der Waals surface area contributed by atoms with Gasteiger partial charge in [0.15, 0.2) is 10.9 Å². The Hall–Kier alpha value is -1.62. The number of nitrogens with zero attached hydrogens (tertiary/aromatic N) is 1. The molecule has 22 heavy (non-hydrogen) atoms. The molecule has 5 heteroatoms. The number of carbonyl (C=O) groups is 1.